The second-order valence-electron chi connectivity index (χ2n) is 8.41. The van der Waals surface area contributed by atoms with E-state index in [2.05, 4.69) is 15.6 Å². The lowest BCUT2D eigenvalue weighted by atomic mass is 10.1. The molecule has 6 nitrogen and oxygen atoms in total. The average molecular weight is 528 g/mol. The zero-order chi connectivity index (χ0) is 25.9. The highest BCUT2D eigenvalue weighted by Crippen LogP contribution is 2.30. The number of thiocarbonyl (C=S) groups is 1. The van der Waals surface area contributed by atoms with Gasteiger partial charge in [-0.15, -0.1) is 0 Å². The van der Waals surface area contributed by atoms with Crippen molar-refractivity contribution in [1.29, 1.82) is 0 Å². The lowest BCUT2D eigenvalue weighted by molar-refractivity contribution is -0.115. The Morgan fingerprint density at radius 1 is 1.00 bits per heavy atom. The van der Waals surface area contributed by atoms with Crippen molar-refractivity contribution in [2.45, 2.75) is 13.8 Å². The van der Waals surface area contributed by atoms with Crippen molar-refractivity contribution in [2.24, 2.45) is 0 Å². The smallest absolute Gasteiger partial charge is 0.250 e. The predicted octanol–water partition coefficient (Wildman–Crippen LogP) is 7.55. The summed E-state index contributed by atoms with van der Waals surface area (Å²) in [6.45, 7) is 3.88. The Hall–Kier alpha value is -4.20. The highest BCUT2D eigenvalue weighted by atomic mass is 35.5. The first kappa shape index (κ1) is 24.5. The fraction of sp³-hybridized carbons (Fsp3) is 0.0690. The molecule has 0 aliphatic carbocycles. The minimum absolute atomic E-state index is 0.168. The number of anilines is 1. The Kier molecular flexibility index (Phi) is 6.90. The maximum absolute atomic E-state index is 12.4. The van der Waals surface area contributed by atoms with Crippen molar-refractivity contribution in [2.75, 3.05) is 5.32 Å². The molecule has 2 N–H and O–H groups in total. The van der Waals surface area contributed by atoms with Gasteiger partial charge >= 0.3 is 0 Å². The van der Waals surface area contributed by atoms with Crippen LogP contribution in [0.1, 0.15) is 16.9 Å². The summed E-state index contributed by atoms with van der Waals surface area (Å²) in [5.74, 6) is 1.32. The van der Waals surface area contributed by atoms with E-state index in [4.69, 9.17) is 32.7 Å². The number of rotatable bonds is 5. The lowest BCUT2D eigenvalue weighted by Gasteiger charge is -2.12. The molecule has 2 aromatic heterocycles. The molecule has 0 radical (unpaired) electrons. The molecule has 184 valence electrons. The molecule has 0 fully saturated rings. The van der Waals surface area contributed by atoms with E-state index in [0.29, 0.717) is 22.4 Å². The molecule has 3 aromatic carbocycles. The predicted molar refractivity (Wildman–Crippen MR) is 151 cm³/mol. The number of furan rings is 1. The van der Waals surface area contributed by atoms with E-state index >= 15 is 0 Å². The van der Waals surface area contributed by atoms with E-state index in [0.717, 1.165) is 39.0 Å². The fourth-order valence-corrected chi connectivity index (χ4v) is 4.19. The van der Waals surface area contributed by atoms with Crippen LogP contribution in [0.2, 0.25) is 5.02 Å². The molecule has 2 heterocycles. The number of nitrogens with zero attached hydrogens (tertiary/aromatic N) is 1. The number of hydrogen-bond donors (Lipinski definition) is 2. The highest BCUT2D eigenvalue weighted by molar-refractivity contribution is 7.80. The number of amides is 1. The van der Waals surface area contributed by atoms with E-state index in [1.807, 2.05) is 80.6 Å². The maximum atomic E-state index is 12.4. The molecule has 0 aliphatic rings. The van der Waals surface area contributed by atoms with Crippen LogP contribution in [0.5, 0.6) is 0 Å². The summed E-state index contributed by atoms with van der Waals surface area (Å²) in [6, 6.07) is 22.6. The van der Waals surface area contributed by atoms with Crippen LogP contribution >= 0.6 is 23.8 Å². The van der Waals surface area contributed by atoms with Crippen molar-refractivity contribution in [1.82, 2.24) is 10.3 Å². The molecule has 0 bridgehead atoms. The summed E-state index contributed by atoms with van der Waals surface area (Å²) in [4.78, 5) is 17.0. The van der Waals surface area contributed by atoms with E-state index in [1.54, 1.807) is 12.1 Å². The van der Waals surface area contributed by atoms with Gasteiger partial charge in [0.05, 0.1) is 0 Å². The van der Waals surface area contributed by atoms with Gasteiger partial charge in [-0.25, -0.2) is 4.98 Å². The van der Waals surface area contributed by atoms with Gasteiger partial charge in [0.15, 0.2) is 10.7 Å². The second kappa shape index (κ2) is 10.4. The van der Waals surface area contributed by atoms with Gasteiger partial charge in [-0.05, 0) is 85.7 Å². The van der Waals surface area contributed by atoms with Crippen LogP contribution in [-0.4, -0.2) is 16.0 Å². The first-order valence-corrected chi connectivity index (χ1v) is 12.3. The van der Waals surface area contributed by atoms with Gasteiger partial charge in [-0.3, -0.25) is 10.1 Å². The Bertz CT molecular complexity index is 1640. The largest absolute Gasteiger partial charge is 0.457 e. The zero-order valence-electron chi connectivity index (χ0n) is 20.0. The molecular weight excluding hydrogens is 506 g/mol. The molecule has 1 amide bonds. The van der Waals surface area contributed by atoms with Crippen molar-refractivity contribution >= 4 is 57.7 Å². The number of halogens is 1. The highest BCUT2D eigenvalue weighted by Gasteiger charge is 2.14. The van der Waals surface area contributed by atoms with E-state index in [9.17, 15) is 4.79 Å². The molecular formula is C29H22ClN3O3S. The number of carbonyl (C=O) groups excluding carboxylic acids is 1. The van der Waals surface area contributed by atoms with Gasteiger partial charge in [-0.1, -0.05) is 41.9 Å². The number of para-hydroxylation sites is 2. The zero-order valence-corrected chi connectivity index (χ0v) is 21.6. The van der Waals surface area contributed by atoms with E-state index in [-0.39, 0.29) is 11.0 Å². The van der Waals surface area contributed by atoms with Crippen LogP contribution in [0.15, 0.2) is 87.7 Å². The number of hydrogen-bond acceptors (Lipinski definition) is 5. The first-order valence-electron chi connectivity index (χ1n) is 11.5. The third-order valence-electron chi connectivity index (χ3n) is 5.83. The standard InChI is InChI=1S/C29H22ClN3O3S/c1-17-10-11-19(16-22(17)30)25-14-12-20(35-25)13-15-27(34)33-29(37)32-23-8-5-6-21(18(23)2)28-31-24-7-3-4-9-26(24)36-28/h3-16H,1-2H3,(H2,32,33,34,37)/b15-13+. The fourth-order valence-electron chi connectivity index (χ4n) is 3.80. The van der Waals surface area contributed by atoms with Crippen molar-refractivity contribution in [3.8, 4) is 22.8 Å². The lowest BCUT2D eigenvalue weighted by Crippen LogP contribution is -2.33. The van der Waals surface area contributed by atoms with Gasteiger partial charge in [0, 0.05) is 27.9 Å². The molecule has 0 saturated heterocycles. The Morgan fingerprint density at radius 2 is 1.84 bits per heavy atom. The number of benzene rings is 3. The second-order valence-corrected chi connectivity index (χ2v) is 9.22. The van der Waals surface area contributed by atoms with Crippen LogP contribution in [0.4, 0.5) is 5.69 Å². The molecule has 0 unspecified atom stereocenters. The molecule has 0 spiro atoms. The molecule has 8 heteroatoms. The van der Waals surface area contributed by atoms with Gasteiger partial charge in [0.25, 0.3) is 0 Å². The summed E-state index contributed by atoms with van der Waals surface area (Å²) in [5.41, 5.74) is 5.82. The normalized spacial score (nSPS) is 11.2. The summed E-state index contributed by atoms with van der Waals surface area (Å²) in [7, 11) is 0. The van der Waals surface area contributed by atoms with Crippen LogP contribution in [0.3, 0.4) is 0 Å². The van der Waals surface area contributed by atoms with Gasteiger partial charge in [-0.2, -0.15) is 0 Å². The number of nitrogens with one attached hydrogen (secondary N) is 2. The minimum atomic E-state index is -0.387. The van der Waals surface area contributed by atoms with Crippen LogP contribution in [0.25, 0.3) is 40.0 Å². The minimum Gasteiger partial charge on any atom is -0.457 e. The number of fused-ring (bicyclic) bond motifs is 1. The van der Waals surface area contributed by atoms with Crippen LogP contribution in [0, 0.1) is 13.8 Å². The van der Waals surface area contributed by atoms with E-state index < -0.39 is 0 Å². The van der Waals surface area contributed by atoms with Crippen LogP contribution < -0.4 is 10.6 Å². The van der Waals surface area contributed by atoms with E-state index in [1.165, 1.54) is 6.08 Å². The third kappa shape index (κ3) is 5.48. The van der Waals surface area contributed by atoms with Crippen molar-refractivity contribution in [3.63, 3.8) is 0 Å². The van der Waals surface area contributed by atoms with Crippen molar-refractivity contribution < 1.29 is 13.6 Å². The summed E-state index contributed by atoms with van der Waals surface area (Å²) in [6.07, 6.45) is 2.94. The summed E-state index contributed by atoms with van der Waals surface area (Å²) < 4.78 is 11.7. The molecule has 0 saturated carbocycles. The molecule has 0 aliphatic heterocycles. The SMILES string of the molecule is Cc1ccc(-c2ccc(/C=C/C(=O)NC(=S)Nc3cccc(-c4nc5ccccc5o4)c3C)o2)cc1Cl. The number of aromatic nitrogens is 1. The van der Waals surface area contributed by atoms with Gasteiger partial charge in [0.1, 0.15) is 17.0 Å². The number of carbonyl (C=O) groups is 1. The quantitative estimate of drug-likeness (QED) is 0.181. The van der Waals surface area contributed by atoms with Gasteiger partial charge in [0.2, 0.25) is 11.8 Å². The molecule has 0 atom stereocenters. The Balaban J connectivity index is 1.23. The van der Waals surface area contributed by atoms with Crippen LogP contribution in [-0.2, 0) is 4.79 Å². The summed E-state index contributed by atoms with van der Waals surface area (Å²) >= 11 is 11.6. The average Bonchev–Trinajstić information content (AvgIpc) is 3.53. The first-order chi connectivity index (χ1) is 17.9. The number of aryl methyl sites for hydroxylation is 1. The van der Waals surface area contributed by atoms with Crippen molar-refractivity contribution in [3.05, 3.63) is 101 Å². The summed E-state index contributed by atoms with van der Waals surface area (Å²) in [5, 5.41) is 6.57. The molecule has 5 rings (SSSR count). The third-order valence-corrected chi connectivity index (χ3v) is 6.44. The topological polar surface area (TPSA) is 80.3 Å². The Labute approximate surface area is 224 Å². The molecule has 37 heavy (non-hydrogen) atoms. The maximum Gasteiger partial charge on any atom is 0.250 e. The van der Waals surface area contributed by atoms with Gasteiger partial charge < -0.3 is 14.2 Å². The monoisotopic (exact) mass is 527 g/mol. The Morgan fingerprint density at radius 3 is 2.65 bits per heavy atom. The molecule has 5 aromatic rings. The number of oxazole rings is 1.